The van der Waals surface area contributed by atoms with Crippen LogP contribution in [-0.2, 0) is 0 Å². The van der Waals surface area contributed by atoms with E-state index in [-0.39, 0.29) is 24.0 Å². The van der Waals surface area contributed by atoms with Gasteiger partial charge in [0.05, 0.1) is 0 Å². The largest absolute Gasteiger partial charge is 0.349 e. The summed E-state index contributed by atoms with van der Waals surface area (Å²) >= 11 is 0. The van der Waals surface area contributed by atoms with E-state index < -0.39 is 0 Å². The van der Waals surface area contributed by atoms with Gasteiger partial charge in [-0.1, -0.05) is 24.6 Å². The first-order chi connectivity index (χ1) is 13.1. The molecule has 2 aliphatic carbocycles. The zero-order chi connectivity index (χ0) is 18.8. The van der Waals surface area contributed by atoms with E-state index in [1.807, 2.05) is 35.2 Å². The third-order valence-electron chi connectivity index (χ3n) is 6.94. The molecule has 2 bridgehead atoms. The van der Waals surface area contributed by atoms with E-state index in [4.69, 9.17) is 0 Å². The van der Waals surface area contributed by atoms with Gasteiger partial charge in [0.15, 0.2) is 0 Å². The van der Waals surface area contributed by atoms with Crippen LogP contribution in [0.25, 0.3) is 0 Å². The standard InChI is InChI=1S/C22H31N3O2/c1-15(20-14-16-7-8-18(20)13-16)23-22(27)25-11-9-19(10-12-25)24-21(26)17-5-3-2-4-6-17/h2-6,15-16,18-20H,7-14H2,1H3,(H,23,27)(H,24,26). The summed E-state index contributed by atoms with van der Waals surface area (Å²) in [6.45, 7) is 3.58. The summed E-state index contributed by atoms with van der Waals surface area (Å²) in [5.74, 6) is 2.37. The summed E-state index contributed by atoms with van der Waals surface area (Å²) in [7, 11) is 0. The summed E-state index contributed by atoms with van der Waals surface area (Å²) < 4.78 is 0. The predicted octanol–water partition coefficient (Wildman–Crippen LogP) is 3.42. The minimum atomic E-state index is -0.0246. The molecular formula is C22H31N3O2. The van der Waals surface area contributed by atoms with Crippen LogP contribution in [0.3, 0.4) is 0 Å². The fourth-order valence-corrected chi connectivity index (χ4v) is 5.38. The quantitative estimate of drug-likeness (QED) is 0.854. The third kappa shape index (κ3) is 4.12. The molecule has 5 heteroatoms. The van der Waals surface area contributed by atoms with Gasteiger partial charge in [-0.05, 0) is 68.9 Å². The Hall–Kier alpha value is -2.04. The first kappa shape index (κ1) is 18.3. The zero-order valence-electron chi connectivity index (χ0n) is 16.2. The van der Waals surface area contributed by atoms with Crippen molar-refractivity contribution in [3.8, 4) is 0 Å². The molecule has 0 radical (unpaired) electrons. The second-order valence-corrected chi connectivity index (χ2v) is 8.68. The van der Waals surface area contributed by atoms with Crippen molar-refractivity contribution >= 4 is 11.9 Å². The number of piperidine rings is 1. The molecule has 0 spiro atoms. The van der Waals surface area contributed by atoms with E-state index in [0.29, 0.717) is 24.6 Å². The van der Waals surface area contributed by atoms with Gasteiger partial charge in [-0.2, -0.15) is 0 Å². The van der Waals surface area contributed by atoms with Crippen LogP contribution in [0, 0.1) is 17.8 Å². The average molecular weight is 370 g/mol. The van der Waals surface area contributed by atoms with Crippen molar-refractivity contribution in [2.24, 2.45) is 17.8 Å². The summed E-state index contributed by atoms with van der Waals surface area (Å²) in [6, 6.07) is 9.79. The number of nitrogens with zero attached hydrogens (tertiary/aromatic N) is 1. The number of urea groups is 1. The van der Waals surface area contributed by atoms with Crippen LogP contribution >= 0.6 is 0 Å². The predicted molar refractivity (Wildman–Crippen MR) is 105 cm³/mol. The molecule has 27 heavy (non-hydrogen) atoms. The van der Waals surface area contributed by atoms with E-state index >= 15 is 0 Å². The monoisotopic (exact) mass is 369 g/mol. The molecule has 3 amide bonds. The van der Waals surface area contributed by atoms with Crippen LogP contribution in [0.2, 0.25) is 0 Å². The van der Waals surface area contributed by atoms with Crippen molar-refractivity contribution in [3.63, 3.8) is 0 Å². The van der Waals surface area contributed by atoms with Crippen molar-refractivity contribution in [2.45, 2.75) is 57.5 Å². The molecule has 2 N–H and O–H groups in total. The zero-order valence-corrected chi connectivity index (χ0v) is 16.2. The van der Waals surface area contributed by atoms with Gasteiger partial charge in [-0.15, -0.1) is 0 Å². The number of carbonyl (C=O) groups excluding carboxylic acids is 2. The lowest BCUT2D eigenvalue weighted by atomic mass is 9.84. The molecule has 3 fully saturated rings. The lowest BCUT2D eigenvalue weighted by molar-refractivity contribution is 0.0917. The van der Waals surface area contributed by atoms with Gasteiger partial charge in [-0.25, -0.2) is 4.79 Å². The SMILES string of the molecule is CC(NC(=O)N1CCC(NC(=O)c2ccccc2)CC1)C1CC2CCC1C2. The number of benzene rings is 1. The van der Waals surface area contributed by atoms with Crippen molar-refractivity contribution in [1.82, 2.24) is 15.5 Å². The molecule has 4 atom stereocenters. The summed E-state index contributed by atoms with van der Waals surface area (Å²) in [5.41, 5.74) is 0.692. The minimum Gasteiger partial charge on any atom is -0.349 e. The first-order valence-electron chi connectivity index (χ1n) is 10.5. The van der Waals surface area contributed by atoms with Crippen molar-refractivity contribution in [2.75, 3.05) is 13.1 Å². The molecule has 0 aromatic heterocycles. The van der Waals surface area contributed by atoms with Crippen molar-refractivity contribution in [1.29, 1.82) is 0 Å². The Balaban J connectivity index is 1.22. The van der Waals surface area contributed by atoms with Crippen LogP contribution in [-0.4, -0.2) is 42.0 Å². The molecule has 1 aromatic rings. The highest BCUT2D eigenvalue weighted by Crippen LogP contribution is 2.49. The molecule has 3 aliphatic rings. The Morgan fingerprint density at radius 1 is 1.04 bits per heavy atom. The normalized spacial score (nSPS) is 28.8. The van der Waals surface area contributed by atoms with E-state index in [2.05, 4.69) is 17.6 Å². The van der Waals surface area contributed by atoms with Gasteiger partial charge in [0.1, 0.15) is 0 Å². The maximum atomic E-state index is 12.6. The smallest absolute Gasteiger partial charge is 0.317 e. The average Bonchev–Trinajstić information content (AvgIpc) is 3.33. The van der Waals surface area contributed by atoms with E-state index in [0.717, 1.165) is 24.7 Å². The Labute approximate surface area is 161 Å². The molecule has 1 aliphatic heterocycles. The fourth-order valence-electron chi connectivity index (χ4n) is 5.38. The highest BCUT2D eigenvalue weighted by atomic mass is 16.2. The molecule has 1 aromatic carbocycles. The number of fused-ring (bicyclic) bond motifs is 2. The number of carbonyl (C=O) groups is 2. The van der Waals surface area contributed by atoms with Crippen LogP contribution in [0.15, 0.2) is 30.3 Å². The van der Waals surface area contributed by atoms with Crippen LogP contribution in [0.4, 0.5) is 4.79 Å². The number of amides is 3. The highest BCUT2D eigenvalue weighted by molar-refractivity contribution is 5.94. The Morgan fingerprint density at radius 3 is 2.41 bits per heavy atom. The van der Waals surface area contributed by atoms with E-state index in [1.165, 1.54) is 25.7 Å². The molecular weight excluding hydrogens is 338 g/mol. The maximum absolute atomic E-state index is 12.6. The van der Waals surface area contributed by atoms with E-state index in [9.17, 15) is 9.59 Å². The molecule has 4 unspecified atom stereocenters. The van der Waals surface area contributed by atoms with Crippen LogP contribution in [0.1, 0.15) is 55.8 Å². The van der Waals surface area contributed by atoms with Gasteiger partial charge < -0.3 is 15.5 Å². The molecule has 146 valence electrons. The lowest BCUT2D eigenvalue weighted by Crippen LogP contribution is -2.52. The molecule has 4 rings (SSSR count). The fraction of sp³-hybridized carbons (Fsp3) is 0.636. The Bertz CT molecular complexity index is 669. The van der Waals surface area contributed by atoms with Gasteiger partial charge in [0, 0.05) is 30.7 Å². The van der Waals surface area contributed by atoms with Gasteiger partial charge >= 0.3 is 6.03 Å². The molecule has 1 saturated heterocycles. The number of nitrogens with one attached hydrogen (secondary N) is 2. The molecule has 2 saturated carbocycles. The van der Waals surface area contributed by atoms with Crippen LogP contribution < -0.4 is 10.6 Å². The lowest BCUT2D eigenvalue weighted by Gasteiger charge is -2.35. The summed E-state index contributed by atoms with van der Waals surface area (Å²) in [5, 5.41) is 6.36. The van der Waals surface area contributed by atoms with Gasteiger partial charge in [0.2, 0.25) is 0 Å². The number of rotatable bonds is 4. The first-order valence-corrected chi connectivity index (χ1v) is 10.5. The highest BCUT2D eigenvalue weighted by Gasteiger charge is 2.42. The maximum Gasteiger partial charge on any atom is 0.317 e. The Kier molecular flexibility index (Phi) is 5.37. The topological polar surface area (TPSA) is 61.4 Å². The molecule has 5 nitrogen and oxygen atoms in total. The third-order valence-corrected chi connectivity index (χ3v) is 6.94. The van der Waals surface area contributed by atoms with Gasteiger partial charge in [0.25, 0.3) is 5.91 Å². The van der Waals surface area contributed by atoms with Gasteiger partial charge in [-0.3, -0.25) is 4.79 Å². The second kappa shape index (κ2) is 7.91. The minimum absolute atomic E-state index is 0.0246. The summed E-state index contributed by atoms with van der Waals surface area (Å²) in [4.78, 5) is 26.8. The molecule has 1 heterocycles. The summed E-state index contributed by atoms with van der Waals surface area (Å²) in [6.07, 6.45) is 7.03. The van der Waals surface area contributed by atoms with E-state index in [1.54, 1.807) is 0 Å². The van der Waals surface area contributed by atoms with Crippen LogP contribution in [0.5, 0.6) is 0 Å². The van der Waals surface area contributed by atoms with Crippen molar-refractivity contribution < 1.29 is 9.59 Å². The Morgan fingerprint density at radius 2 is 1.78 bits per heavy atom. The second-order valence-electron chi connectivity index (χ2n) is 8.68. The number of hydrogen-bond donors (Lipinski definition) is 2. The number of likely N-dealkylation sites (tertiary alicyclic amines) is 1. The number of hydrogen-bond acceptors (Lipinski definition) is 2. The van der Waals surface area contributed by atoms with Crippen molar-refractivity contribution in [3.05, 3.63) is 35.9 Å².